The second-order valence-electron chi connectivity index (χ2n) is 5.46. The van der Waals surface area contributed by atoms with Crippen LogP contribution < -0.4 is 5.73 Å². The number of benzene rings is 2. The molecule has 112 valence electrons. The molecule has 0 amide bonds. The summed E-state index contributed by atoms with van der Waals surface area (Å²) in [6, 6.07) is 16.7. The molecule has 3 rings (SSSR count). The van der Waals surface area contributed by atoms with Gasteiger partial charge in [0, 0.05) is 4.90 Å². The van der Waals surface area contributed by atoms with Crippen molar-refractivity contribution in [2.45, 2.75) is 30.6 Å². The number of hydrogen-bond acceptors (Lipinski definition) is 3. The predicted molar refractivity (Wildman–Crippen MR) is 92.8 cm³/mol. The molecule has 0 bridgehead atoms. The molecule has 0 fully saturated rings. The van der Waals surface area contributed by atoms with Crippen LogP contribution in [-0.2, 0) is 0 Å². The number of nitrogen functional groups attached to an aromatic ring is 1. The number of rotatable bonds is 3. The number of hydrogen-bond donors (Lipinski definition) is 1. The van der Waals surface area contributed by atoms with Gasteiger partial charge in [-0.25, -0.2) is 4.68 Å². The molecule has 0 saturated carbocycles. The van der Waals surface area contributed by atoms with Crippen LogP contribution in [0.2, 0.25) is 0 Å². The minimum Gasteiger partial charge on any atom is -0.383 e. The van der Waals surface area contributed by atoms with Crippen molar-refractivity contribution < 1.29 is 0 Å². The van der Waals surface area contributed by atoms with Crippen LogP contribution in [0.15, 0.2) is 58.3 Å². The molecule has 3 nitrogen and oxygen atoms in total. The van der Waals surface area contributed by atoms with Crippen molar-refractivity contribution in [2.24, 2.45) is 0 Å². The lowest BCUT2D eigenvalue weighted by molar-refractivity contribution is 0.871. The Balaban J connectivity index is 1.96. The van der Waals surface area contributed by atoms with Gasteiger partial charge in [0.05, 0.1) is 16.3 Å². The number of aromatic nitrogens is 2. The molecule has 4 heteroatoms. The van der Waals surface area contributed by atoms with Crippen LogP contribution in [0, 0.1) is 20.8 Å². The molecule has 3 aromatic rings. The van der Waals surface area contributed by atoms with Gasteiger partial charge >= 0.3 is 0 Å². The van der Waals surface area contributed by atoms with Crippen LogP contribution in [0.25, 0.3) is 5.69 Å². The van der Waals surface area contributed by atoms with Crippen LogP contribution >= 0.6 is 11.8 Å². The fourth-order valence-corrected chi connectivity index (χ4v) is 3.15. The third-order valence-electron chi connectivity index (χ3n) is 3.56. The molecule has 0 aliphatic carbocycles. The van der Waals surface area contributed by atoms with E-state index in [0.717, 1.165) is 16.3 Å². The van der Waals surface area contributed by atoms with Gasteiger partial charge in [-0.15, -0.1) is 0 Å². The summed E-state index contributed by atoms with van der Waals surface area (Å²) in [7, 11) is 0. The third kappa shape index (κ3) is 2.88. The second-order valence-corrected chi connectivity index (χ2v) is 6.55. The SMILES string of the molecule is Cc1ccc(Sc2c(C)nn(-c3ccc(C)cc3)c2N)cc1. The van der Waals surface area contributed by atoms with E-state index in [9.17, 15) is 0 Å². The van der Waals surface area contributed by atoms with Gasteiger partial charge in [-0.2, -0.15) is 5.10 Å². The molecule has 0 aliphatic rings. The lowest BCUT2D eigenvalue weighted by atomic mass is 10.2. The average molecular weight is 309 g/mol. The van der Waals surface area contributed by atoms with Gasteiger partial charge < -0.3 is 5.73 Å². The molecule has 0 radical (unpaired) electrons. The van der Waals surface area contributed by atoms with Gasteiger partial charge in [0.15, 0.2) is 0 Å². The molecule has 1 heterocycles. The standard InChI is InChI=1S/C18H19N3S/c1-12-4-8-15(9-5-12)21-18(19)17(14(3)20-21)22-16-10-6-13(2)7-11-16/h4-11H,19H2,1-3H3. The normalized spacial score (nSPS) is 10.9. The summed E-state index contributed by atoms with van der Waals surface area (Å²) < 4.78 is 1.81. The molecular formula is C18H19N3S. The highest BCUT2D eigenvalue weighted by Crippen LogP contribution is 2.35. The largest absolute Gasteiger partial charge is 0.383 e. The van der Waals surface area contributed by atoms with Crippen LogP contribution in [0.5, 0.6) is 0 Å². The van der Waals surface area contributed by atoms with Crippen molar-refractivity contribution in [1.29, 1.82) is 0 Å². The molecule has 0 aliphatic heterocycles. The highest BCUT2D eigenvalue weighted by atomic mass is 32.2. The monoisotopic (exact) mass is 309 g/mol. The Labute approximate surface area is 135 Å². The van der Waals surface area contributed by atoms with E-state index < -0.39 is 0 Å². The van der Waals surface area contributed by atoms with E-state index in [2.05, 4.69) is 55.3 Å². The predicted octanol–water partition coefficient (Wildman–Crippen LogP) is 4.53. The molecular weight excluding hydrogens is 290 g/mol. The maximum atomic E-state index is 6.33. The number of nitrogens with zero attached hydrogens (tertiary/aromatic N) is 2. The Morgan fingerprint density at radius 3 is 2.00 bits per heavy atom. The van der Waals surface area contributed by atoms with Gasteiger partial charge in [0.2, 0.25) is 0 Å². The van der Waals surface area contributed by atoms with Crippen molar-refractivity contribution in [2.75, 3.05) is 5.73 Å². The van der Waals surface area contributed by atoms with E-state index in [4.69, 9.17) is 5.73 Å². The number of anilines is 1. The molecule has 1 aromatic heterocycles. The maximum absolute atomic E-state index is 6.33. The maximum Gasteiger partial charge on any atom is 0.141 e. The Kier molecular flexibility index (Phi) is 3.94. The zero-order chi connectivity index (χ0) is 15.7. The van der Waals surface area contributed by atoms with Gasteiger partial charge in [0.25, 0.3) is 0 Å². The van der Waals surface area contributed by atoms with Crippen LogP contribution in [0.1, 0.15) is 16.8 Å². The number of nitrogens with two attached hydrogens (primary N) is 1. The molecule has 0 unspecified atom stereocenters. The van der Waals surface area contributed by atoms with E-state index in [0.29, 0.717) is 5.82 Å². The van der Waals surface area contributed by atoms with Crippen LogP contribution in [0.3, 0.4) is 0 Å². The van der Waals surface area contributed by atoms with E-state index in [-0.39, 0.29) is 0 Å². The topological polar surface area (TPSA) is 43.8 Å². The quantitative estimate of drug-likeness (QED) is 0.773. The second kappa shape index (κ2) is 5.89. The minimum absolute atomic E-state index is 0.687. The molecule has 2 N–H and O–H groups in total. The van der Waals surface area contributed by atoms with Gasteiger partial charge in [-0.3, -0.25) is 0 Å². The molecule has 22 heavy (non-hydrogen) atoms. The first-order valence-corrected chi connectivity index (χ1v) is 8.03. The zero-order valence-electron chi connectivity index (χ0n) is 13.0. The first-order chi connectivity index (χ1) is 10.5. The van der Waals surface area contributed by atoms with Crippen LogP contribution in [0.4, 0.5) is 5.82 Å². The highest BCUT2D eigenvalue weighted by molar-refractivity contribution is 7.99. The smallest absolute Gasteiger partial charge is 0.141 e. The summed E-state index contributed by atoms with van der Waals surface area (Å²) in [5.74, 6) is 0.687. The molecule has 0 saturated heterocycles. The van der Waals surface area contributed by atoms with Crippen molar-refractivity contribution in [3.63, 3.8) is 0 Å². The van der Waals surface area contributed by atoms with Gasteiger partial charge in [-0.1, -0.05) is 47.2 Å². The summed E-state index contributed by atoms with van der Waals surface area (Å²) in [4.78, 5) is 2.19. The Hall–Kier alpha value is -2.20. The Morgan fingerprint density at radius 2 is 1.41 bits per heavy atom. The van der Waals surface area contributed by atoms with E-state index in [1.165, 1.54) is 16.0 Å². The van der Waals surface area contributed by atoms with Crippen LogP contribution in [-0.4, -0.2) is 9.78 Å². The van der Waals surface area contributed by atoms with Crippen molar-refractivity contribution in [3.8, 4) is 5.69 Å². The lowest BCUT2D eigenvalue weighted by Gasteiger charge is -2.06. The minimum atomic E-state index is 0.687. The molecule has 0 spiro atoms. The average Bonchev–Trinajstić information content (AvgIpc) is 2.78. The summed E-state index contributed by atoms with van der Waals surface area (Å²) in [6.45, 7) is 6.15. The molecule has 0 atom stereocenters. The first-order valence-electron chi connectivity index (χ1n) is 7.21. The summed E-state index contributed by atoms with van der Waals surface area (Å²) in [5.41, 5.74) is 10.7. The van der Waals surface area contributed by atoms with Crippen molar-refractivity contribution in [3.05, 3.63) is 65.4 Å². The van der Waals surface area contributed by atoms with E-state index >= 15 is 0 Å². The fourth-order valence-electron chi connectivity index (χ4n) is 2.26. The first kappa shape index (κ1) is 14.7. The summed E-state index contributed by atoms with van der Waals surface area (Å²) in [5, 5.41) is 4.59. The number of aryl methyl sites for hydroxylation is 3. The summed E-state index contributed by atoms with van der Waals surface area (Å²) in [6.07, 6.45) is 0. The van der Waals surface area contributed by atoms with E-state index in [1.54, 1.807) is 11.8 Å². The van der Waals surface area contributed by atoms with Crippen molar-refractivity contribution >= 4 is 17.6 Å². The lowest BCUT2D eigenvalue weighted by Crippen LogP contribution is -2.02. The van der Waals surface area contributed by atoms with Gasteiger partial charge in [-0.05, 0) is 45.0 Å². The molecule has 2 aromatic carbocycles. The zero-order valence-corrected chi connectivity index (χ0v) is 13.8. The summed E-state index contributed by atoms with van der Waals surface area (Å²) >= 11 is 1.66. The van der Waals surface area contributed by atoms with Gasteiger partial charge in [0.1, 0.15) is 5.82 Å². The highest BCUT2D eigenvalue weighted by Gasteiger charge is 2.15. The van der Waals surface area contributed by atoms with E-state index in [1.807, 2.05) is 23.7 Å². The third-order valence-corrected chi connectivity index (χ3v) is 4.78. The Bertz CT molecular complexity index is 786. The van der Waals surface area contributed by atoms with Crippen molar-refractivity contribution in [1.82, 2.24) is 9.78 Å². The Morgan fingerprint density at radius 1 is 0.864 bits per heavy atom. The fraction of sp³-hybridized carbons (Fsp3) is 0.167.